The number of alkyl halides is 2. The number of nitrogens with zero attached hydrogens (tertiary/aromatic N) is 3. The van der Waals surface area contributed by atoms with Crippen molar-refractivity contribution in [2.45, 2.75) is 19.1 Å². The molecule has 2 amide bonds. The quantitative estimate of drug-likeness (QED) is 0.500. The molecule has 1 unspecified atom stereocenters. The SMILES string of the molecule is O=C(Nc1ccc(COC2C=CC=NC=C2)cc1)Nc1cc(C(F)F)ccc1-n1cccn1. The monoisotopic (exact) mass is 449 g/mol. The Morgan fingerprint density at radius 3 is 2.73 bits per heavy atom. The predicted molar refractivity (Wildman–Crippen MR) is 123 cm³/mol. The van der Waals surface area contributed by atoms with Crippen LogP contribution in [0.25, 0.3) is 5.69 Å². The van der Waals surface area contributed by atoms with Crippen LogP contribution in [-0.4, -0.2) is 28.1 Å². The second kappa shape index (κ2) is 10.5. The van der Waals surface area contributed by atoms with E-state index in [1.54, 1.807) is 43.0 Å². The largest absolute Gasteiger partial charge is 0.365 e. The summed E-state index contributed by atoms with van der Waals surface area (Å²) >= 11 is 0. The number of amides is 2. The first kappa shape index (κ1) is 22.1. The average molecular weight is 449 g/mol. The third-order valence-electron chi connectivity index (χ3n) is 4.76. The highest BCUT2D eigenvalue weighted by Crippen LogP contribution is 2.27. The fourth-order valence-electron chi connectivity index (χ4n) is 3.13. The Hall–Kier alpha value is -4.11. The minimum absolute atomic E-state index is 0.163. The number of aromatic nitrogens is 2. The van der Waals surface area contributed by atoms with Gasteiger partial charge in [0.1, 0.15) is 0 Å². The molecule has 1 aliphatic heterocycles. The van der Waals surface area contributed by atoms with Gasteiger partial charge in [-0.2, -0.15) is 5.10 Å². The third kappa shape index (κ3) is 5.98. The maximum Gasteiger partial charge on any atom is 0.323 e. The molecule has 0 saturated carbocycles. The van der Waals surface area contributed by atoms with Crippen molar-refractivity contribution in [3.63, 3.8) is 0 Å². The molecule has 1 atom stereocenters. The van der Waals surface area contributed by atoms with Gasteiger partial charge in [-0.1, -0.05) is 24.3 Å². The van der Waals surface area contributed by atoms with E-state index < -0.39 is 12.5 Å². The molecule has 0 bridgehead atoms. The van der Waals surface area contributed by atoms with Gasteiger partial charge in [-0.15, -0.1) is 0 Å². The van der Waals surface area contributed by atoms with Gasteiger partial charge < -0.3 is 15.4 Å². The number of halogens is 2. The van der Waals surface area contributed by atoms with Gasteiger partial charge in [0.25, 0.3) is 6.43 Å². The molecule has 0 spiro atoms. The number of allylic oxidation sites excluding steroid dienone is 1. The number of ether oxygens (including phenoxy) is 1. The normalized spacial score (nSPS) is 14.9. The van der Waals surface area contributed by atoms with Crippen LogP contribution in [0.4, 0.5) is 25.0 Å². The lowest BCUT2D eigenvalue weighted by Crippen LogP contribution is -2.20. The number of hydrogen-bond acceptors (Lipinski definition) is 4. The van der Waals surface area contributed by atoms with Gasteiger partial charge in [-0.05, 0) is 48.0 Å². The maximum absolute atomic E-state index is 13.2. The molecule has 7 nitrogen and oxygen atoms in total. The van der Waals surface area contributed by atoms with E-state index in [0.29, 0.717) is 18.0 Å². The Balaban J connectivity index is 1.39. The van der Waals surface area contributed by atoms with Crippen molar-refractivity contribution in [1.29, 1.82) is 0 Å². The molecule has 0 radical (unpaired) electrons. The number of benzene rings is 2. The summed E-state index contributed by atoms with van der Waals surface area (Å²) in [6, 6.07) is 12.3. The van der Waals surface area contributed by atoms with Gasteiger partial charge in [-0.3, -0.25) is 4.99 Å². The number of rotatable bonds is 7. The Morgan fingerprint density at radius 2 is 1.97 bits per heavy atom. The molecule has 0 saturated heterocycles. The van der Waals surface area contributed by atoms with E-state index >= 15 is 0 Å². The lowest BCUT2D eigenvalue weighted by Gasteiger charge is -2.14. The molecule has 4 rings (SSSR count). The first-order valence-corrected chi connectivity index (χ1v) is 10.2. The number of urea groups is 1. The fraction of sp³-hybridized carbons (Fsp3) is 0.125. The molecule has 3 aromatic rings. The van der Waals surface area contributed by atoms with Crippen LogP contribution in [0.15, 0.2) is 90.3 Å². The van der Waals surface area contributed by atoms with Crippen LogP contribution >= 0.6 is 0 Å². The molecule has 2 N–H and O–H groups in total. The smallest absolute Gasteiger partial charge is 0.323 e. The summed E-state index contributed by atoms with van der Waals surface area (Å²) in [6.45, 7) is 0.388. The zero-order valence-corrected chi connectivity index (χ0v) is 17.4. The lowest BCUT2D eigenvalue weighted by atomic mass is 10.1. The van der Waals surface area contributed by atoms with Crippen LogP contribution in [0.5, 0.6) is 0 Å². The van der Waals surface area contributed by atoms with E-state index in [9.17, 15) is 13.6 Å². The third-order valence-corrected chi connectivity index (χ3v) is 4.76. The van der Waals surface area contributed by atoms with E-state index in [0.717, 1.165) is 5.56 Å². The zero-order chi connectivity index (χ0) is 23.0. The topological polar surface area (TPSA) is 80.5 Å². The Kier molecular flexibility index (Phi) is 7.01. The zero-order valence-electron chi connectivity index (χ0n) is 17.4. The minimum Gasteiger partial charge on any atom is -0.365 e. The van der Waals surface area contributed by atoms with Gasteiger partial charge in [0.15, 0.2) is 0 Å². The van der Waals surface area contributed by atoms with Gasteiger partial charge in [0.05, 0.1) is 24.1 Å². The molecule has 2 heterocycles. The molecule has 0 fully saturated rings. The van der Waals surface area contributed by atoms with Crippen LogP contribution in [0.3, 0.4) is 0 Å². The van der Waals surface area contributed by atoms with Crippen molar-refractivity contribution in [1.82, 2.24) is 9.78 Å². The van der Waals surface area contributed by atoms with Crippen molar-refractivity contribution < 1.29 is 18.3 Å². The van der Waals surface area contributed by atoms with E-state index in [1.165, 1.54) is 22.9 Å². The summed E-state index contributed by atoms with van der Waals surface area (Å²) < 4.78 is 33.6. The van der Waals surface area contributed by atoms with Crippen molar-refractivity contribution in [2.24, 2.45) is 4.99 Å². The Bertz CT molecular complexity index is 1160. The molecular formula is C24H21F2N5O2. The van der Waals surface area contributed by atoms with Crippen LogP contribution in [-0.2, 0) is 11.3 Å². The summed E-state index contributed by atoms with van der Waals surface area (Å²) in [4.78, 5) is 16.6. The van der Waals surface area contributed by atoms with E-state index in [1.807, 2.05) is 30.4 Å². The van der Waals surface area contributed by atoms with E-state index in [4.69, 9.17) is 4.74 Å². The number of hydrogen-bond donors (Lipinski definition) is 2. The van der Waals surface area contributed by atoms with Gasteiger partial charge in [0.2, 0.25) is 0 Å². The lowest BCUT2D eigenvalue weighted by molar-refractivity contribution is 0.102. The van der Waals surface area contributed by atoms with Gasteiger partial charge >= 0.3 is 6.03 Å². The molecular weight excluding hydrogens is 428 g/mol. The number of carbonyl (C=O) groups is 1. The summed E-state index contributed by atoms with van der Waals surface area (Å²) in [5.74, 6) is 0. The van der Waals surface area contributed by atoms with Crippen molar-refractivity contribution in [3.05, 3.63) is 96.5 Å². The Morgan fingerprint density at radius 1 is 1.12 bits per heavy atom. The van der Waals surface area contributed by atoms with Crippen LogP contribution in [0.1, 0.15) is 17.6 Å². The maximum atomic E-state index is 13.2. The summed E-state index contributed by atoms with van der Waals surface area (Å²) in [7, 11) is 0. The number of nitrogens with one attached hydrogen (secondary N) is 2. The Labute approximate surface area is 189 Å². The van der Waals surface area contributed by atoms with Gasteiger partial charge in [-0.25, -0.2) is 18.3 Å². The highest BCUT2D eigenvalue weighted by molar-refractivity contribution is 6.01. The summed E-state index contributed by atoms with van der Waals surface area (Å²) in [5.41, 5.74) is 1.96. The molecule has 0 aliphatic carbocycles. The van der Waals surface area contributed by atoms with Crippen molar-refractivity contribution >= 4 is 23.6 Å². The number of aliphatic imine (C=N–C) groups is 1. The molecule has 1 aromatic heterocycles. The molecule has 2 aromatic carbocycles. The van der Waals surface area contributed by atoms with E-state index in [2.05, 4.69) is 20.7 Å². The van der Waals surface area contributed by atoms with Crippen LogP contribution < -0.4 is 10.6 Å². The predicted octanol–water partition coefficient (Wildman–Crippen LogP) is 5.49. The fourth-order valence-corrected chi connectivity index (χ4v) is 3.13. The molecule has 33 heavy (non-hydrogen) atoms. The molecule has 9 heteroatoms. The van der Waals surface area contributed by atoms with Crippen molar-refractivity contribution in [3.8, 4) is 5.69 Å². The second-order valence-electron chi connectivity index (χ2n) is 7.10. The first-order valence-electron chi connectivity index (χ1n) is 10.2. The average Bonchev–Trinajstić information content (AvgIpc) is 3.22. The number of anilines is 2. The highest BCUT2D eigenvalue weighted by atomic mass is 19.3. The number of carbonyl (C=O) groups excluding carboxylic acids is 1. The molecule has 1 aliphatic rings. The minimum atomic E-state index is -2.66. The summed E-state index contributed by atoms with van der Waals surface area (Å²) in [6.07, 6.45) is 9.34. The van der Waals surface area contributed by atoms with E-state index in [-0.39, 0.29) is 17.4 Å². The summed E-state index contributed by atoms with van der Waals surface area (Å²) in [5, 5.41) is 9.45. The second-order valence-corrected chi connectivity index (χ2v) is 7.10. The van der Waals surface area contributed by atoms with Gasteiger partial charge in [0, 0.05) is 36.1 Å². The first-order chi connectivity index (χ1) is 16.1. The molecule has 168 valence electrons. The standard InChI is InChI=1S/C24H21F2N5O2/c25-23(26)18-6-9-22(31-14-2-12-28-31)21(15-18)30-24(32)29-19-7-4-17(5-8-19)16-33-20-3-1-11-27-13-10-20/h1-15,20,23H,16H2,(H2,29,30,32). The highest BCUT2D eigenvalue weighted by Gasteiger charge is 2.14. The van der Waals surface area contributed by atoms with Crippen LogP contribution in [0.2, 0.25) is 0 Å². The van der Waals surface area contributed by atoms with Crippen molar-refractivity contribution in [2.75, 3.05) is 10.6 Å². The van der Waals surface area contributed by atoms with Crippen LogP contribution in [0, 0.1) is 0 Å².